The van der Waals surface area contributed by atoms with Crippen LogP contribution in [0, 0.1) is 6.92 Å². The molecule has 2 aromatic heterocycles. The lowest BCUT2D eigenvalue weighted by atomic mass is 10.1. The number of nitrogens with zero attached hydrogens (tertiary/aromatic N) is 5. The lowest BCUT2D eigenvalue weighted by Gasteiger charge is -2.32. The summed E-state index contributed by atoms with van der Waals surface area (Å²) in [4.78, 5) is 17.7. The van der Waals surface area contributed by atoms with Crippen LogP contribution in [0.25, 0.3) is 5.65 Å². The van der Waals surface area contributed by atoms with Crippen molar-refractivity contribution in [2.45, 2.75) is 58.2 Å². The van der Waals surface area contributed by atoms with Gasteiger partial charge in [-0.15, -0.1) is 10.2 Å². The van der Waals surface area contributed by atoms with Gasteiger partial charge in [-0.2, -0.15) is 0 Å². The minimum absolute atomic E-state index is 0.126. The standard InChI is InChI=1S/C18H25N5O/c1-12(2)23-15-5-6-16(23)11-21(9-8-15)18(24)14-4-7-17-20-19-13(3)22(17)10-14/h4,7,10,12,15-16H,5-6,8-9,11H2,1-3H3. The first-order valence-corrected chi connectivity index (χ1v) is 8.92. The van der Waals surface area contributed by atoms with Gasteiger partial charge >= 0.3 is 0 Å². The third kappa shape index (κ3) is 2.49. The van der Waals surface area contributed by atoms with E-state index in [1.54, 1.807) is 0 Å². The van der Waals surface area contributed by atoms with Crippen molar-refractivity contribution in [2.75, 3.05) is 13.1 Å². The zero-order valence-electron chi connectivity index (χ0n) is 14.6. The molecule has 0 N–H and O–H groups in total. The van der Waals surface area contributed by atoms with E-state index in [2.05, 4.69) is 28.9 Å². The van der Waals surface area contributed by atoms with E-state index >= 15 is 0 Å². The van der Waals surface area contributed by atoms with Crippen LogP contribution in [0.2, 0.25) is 0 Å². The van der Waals surface area contributed by atoms with Gasteiger partial charge in [-0.25, -0.2) is 0 Å². The van der Waals surface area contributed by atoms with E-state index in [0.717, 1.165) is 36.5 Å². The Morgan fingerprint density at radius 1 is 1.17 bits per heavy atom. The van der Waals surface area contributed by atoms with E-state index in [9.17, 15) is 4.79 Å². The summed E-state index contributed by atoms with van der Waals surface area (Å²) in [7, 11) is 0. The smallest absolute Gasteiger partial charge is 0.255 e. The minimum atomic E-state index is 0.126. The van der Waals surface area contributed by atoms with Crippen molar-refractivity contribution in [1.29, 1.82) is 0 Å². The normalized spacial score (nSPS) is 24.8. The SMILES string of the molecule is Cc1nnc2ccc(C(=O)N3CCC4CCC(C3)N4C(C)C)cn12. The Hall–Kier alpha value is -1.95. The molecule has 128 valence electrons. The average Bonchev–Trinajstić information content (AvgIpc) is 3.06. The molecule has 6 heteroatoms. The van der Waals surface area contributed by atoms with Crippen LogP contribution < -0.4 is 0 Å². The fourth-order valence-electron chi connectivity index (χ4n) is 4.45. The Bertz CT molecular complexity index is 768. The number of carbonyl (C=O) groups excluding carboxylic acids is 1. The predicted octanol–water partition coefficient (Wildman–Crippen LogP) is 2.13. The summed E-state index contributed by atoms with van der Waals surface area (Å²) in [5.74, 6) is 0.932. The first-order chi connectivity index (χ1) is 11.5. The van der Waals surface area contributed by atoms with Gasteiger partial charge in [-0.3, -0.25) is 14.1 Å². The van der Waals surface area contributed by atoms with Crippen molar-refractivity contribution in [3.05, 3.63) is 29.7 Å². The van der Waals surface area contributed by atoms with Gasteiger partial charge in [0.05, 0.1) is 5.56 Å². The third-order valence-corrected chi connectivity index (χ3v) is 5.54. The second kappa shape index (κ2) is 5.84. The molecule has 2 aliphatic rings. The molecule has 2 atom stereocenters. The molecule has 2 aromatic rings. The molecule has 0 aliphatic carbocycles. The molecule has 0 aromatic carbocycles. The van der Waals surface area contributed by atoms with E-state index in [0.29, 0.717) is 18.1 Å². The van der Waals surface area contributed by atoms with Crippen LogP contribution in [0.4, 0.5) is 0 Å². The molecular weight excluding hydrogens is 302 g/mol. The highest BCUT2D eigenvalue weighted by Gasteiger charge is 2.39. The summed E-state index contributed by atoms with van der Waals surface area (Å²) in [5.41, 5.74) is 1.50. The summed E-state index contributed by atoms with van der Waals surface area (Å²) >= 11 is 0. The number of likely N-dealkylation sites (tertiary alicyclic amines) is 1. The van der Waals surface area contributed by atoms with E-state index < -0.39 is 0 Å². The van der Waals surface area contributed by atoms with E-state index in [1.807, 2.05) is 34.6 Å². The largest absolute Gasteiger partial charge is 0.337 e. The van der Waals surface area contributed by atoms with Crippen LogP contribution in [-0.2, 0) is 0 Å². The number of hydrogen-bond donors (Lipinski definition) is 0. The Balaban J connectivity index is 1.58. The topological polar surface area (TPSA) is 53.7 Å². The predicted molar refractivity (Wildman–Crippen MR) is 92.0 cm³/mol. The highest BCUT2D eigenvalue weighted by Crippen LogP contribution is 2.32. The number of aryl methyl sites for hydroxylation is 1. The quantitative estimate of drug-likeness (QED) is 0.848. The van der Waals surface area contributed by atoms with Gasteiger partial charge in [-0.1, -0.05) is 0 Å². The maximum absolute atomic E-state index is 13.0. The van der Waals surface area contributed by atoms with E-state index in [1.165, 1.54) is 12.8 Å². The molecule has 4 heterocycles. The van der Waals surface area contributed by atoms with Gasteiger partial charge in [0.2, 0.25) is 0 Å². The Morgan fingerprint density at radius 3 is 2.75 bits per heavy atom. The monoisotopic (exact) mass is 327 g/mol. The van der Waals surface area contributed by atoms with Gasteiger partial charge < -0.3 is 4.90 Å². The van der Waals surface area contributed by atoms with Crippen molar-refractivity contribution in [3.8, 4) is 0 Å². The highest BCUT2D eigenvalue weighted by molar-refractivity contribution is 5.94. The molecule has 2 saturated heterocycles. The molecule has 4 rings (SSSR count). The molecule has 2 aliphatic heterocycles. The van der Waals surface area contributed by atoms with Gasteiger partial charge in [-0.05, 0) is 52.2 Å². The van der Waals surface area contributed by atoms with Crippen LogP contribution >= 0.6 is 0 Å². The molecule has 0 spiro atoms. The molecule has 0 saturated carbocycles. The number of hydrogen-bond acceptors (Lipinski definition) is 4. The van der Waals surface area contributed by atoms with Crippen LogP contribution in [-0.4, -0.2) is 61.5 Å². The van der Waals surface area contributed by atoms with Crippen molar-refractivity contribution >= 4 is 11.6 Å². The second-order valence-corrected chi connectivity index (χ2v) is 7.36. The lowest BCUT2D eigenvalue weighted by molar-refractivity contribution is 0.0728. The molecular formula is C18H25N5O. The molecule has 24 heavy (non-hydrogen) atoms. The molecule has 1 amide bonds. The zero-order valence-corrected chi connectivity index (χ0v) is 14.6. The number of fused-ring (bicyclic) bond motifs is 3. The summed E-state index contributed by atoms with van der Waals surface area (Å²) < 4.78 is 1.89. The lowest BCUT2D eigenvalue weighted by Crippen LogP contribution is -2.44. The summed E-state index contributed by atoms with van der Waals surface area (Å²) in [5, 5.41) is 8.15. The average molecular weight is 327 g/mol. The maximum atomic E-state index is 13.0. The van der Waals surface area contributed by atoms with Crippen LogP contribution in [0.15, 0.2) is 18.3 Å². The molecule has 0 radical (unpaired) electrons. The fraction of sp³-hybridized carbons (Fsp3) is 0.611. The maximum Gasteiger partial charge on any atom is 0.255 e. The van der Waals surface area contributed by atoms with Crippen LogP contribution in [0.5, 0.6) is 0 Å². The fourth-order valence-corrected chi connectivity index (χ4v) is 4.45. The van der Waals surface area contributed by atoms with Gasteiger partial charge in [0, 0.05) is 37.4 Å². The van der Waals surface area contributed by atoms with Crippen molar-refractivity contribution in [2.24, 2.45) is 0 Å². The van der Waals surface area contributed by atoms with Gasteiger partial charge in [0.25, 0.3) is 5.91 Å². The van der Waals surface area contributed by atoms with Crippen LogP contribution in [0.3, 0.4) is 0 Å². The molecule has 6 nitrogen and oxygen atoms in total. The summed E-state index contributed by atoms with van der Waals surface area (Å²) in [6.45, 7) is 8.13. The highest BCUT2D eigenvalue weighted by atomic mass is 16.2. The first kappa shape index (κ1) is 15.6. The Morgan fingerprint density at radius 2 is 1.96 bits per heavy atom. The minimum Gasteiger partial charge on any atom is -0.337 e. The van der Waals surface area contributed by atoms with E-state index in [4.69, 9.17) is 0 Å². The number of amides is 1. The van der Waals surface area contributed by atoms with Gasteiger partial charge in [0.1, 0.15) is 5.82 Å². The number of pyridine rings is 1. The Kier molecular flexibility index (Phi) is 3.79. The second-order valence-electron chi connectivity index (χ2n) is 7.36. The van der Waals surface area contributed by atoms with Crippen LogP contribution in [0.1, 0.15) is 49.3 Å². The summed E-state index contributed by atoms with van der Waals surface area (Å²) in [6.07, 6.45) is 5.43. The van der Waals surface area contributed by atoms with Gasteiger partial charge in [0.15, 0.2) is 5.65 Å². The van der Waals surface area contributed by atoms with Crippen molar-refractivity contribution in [1.82, 2.24) is 24.4 Å². The third-order valence-electron chi connectivity index (χ3n) is 5.54. The zero-order chi connectivity index (χ0) is 16.8. The number of carbonyl (C=O) groups is 1. The number of rotatable bonds is 2. The summed E-state index contributed by atoms with van der Waals surface area (Å²) in [6, 6.07) is 5.43. The Labute approximate surface area is 142 Å². The van der Waals surface area contributed by atoms with E-state index in [-0.39, 0.29) is 5.91 Å². The van der Waals surface area contributed by atoms with Crippen molar-refractivity contribution < 1.29 is 4.79 Å². The first-order valence-electron chi connectivity index (χ1n) is 8.92. The molecule has 2 unspecified atom stereocenters. The van der Waals surface area contributed by atoms with Crippen molar-refractivity contribution in [3.63, 3.8) is 0 Å². The molecule has 2 bridgehead atoms. The number of aromatic nitrogens is 3. The molecule has 2 fully saturated rings.